The molecule has 0 radical (unpaired) electrons. The van der Waals surface area contributed by atoms with E-state index in [0.717, 1.165) is 18.9 Å². The molecule has 0 amide bonds. The molecule has 1 aromatic carbocycles. The molecule has 22 heavy (non-hydrogen) atoms. The maximum Gasteiger partial charge on any atom is 0.240 e. The highest BCUT2D eigenvalue weighted by Gasteiger charge is 2.47. The van der Waals surface area contributed by atoms with Crippen LogP contribution in [0.5, 0.6) is 0 Å². The first-order valence-corrected chi connectivity index (χ1v) is 8.42. The number of hydrogen-bond donors (Lipinski definition) is 2. The first-order valence-electron chi connectivity index (χ1n) is 6.93. The van der Waals surface area contributed by atoms with Crippen molar-refractivity contribution in [3.63, 3.8) is 0 Å². The van der Waals surface area contributed by atoms with E-state index >= 15 is 0 Å². The van der Waals surface area contributed by atoms with Gasteiger partial charge in [-0.05, 0) is 49.1 Å². The van der Waals surface area contributed by atoms with Crippen LogP contribution in [0, 0.1) is 11.7 Å². The Bertz CT molecular complexity index is 756. The topological polar surface area (TPSA) is 79.5 Å². The van der Waals surface area contributed by atoms with Crippen LogP contribution in [0.15, 0.2) is 52.0 Å². The van der Waals surface area contributed by atoms with Crippen LogP contribution in [-0.4, -0.2) is 20.1 Å². The zero-order valence-corrected chi connectivity index (χ0v) is 12.5. The molecule has 0 aliphatic heterocycles. The molecule has 2 N–H and O–H groups in total. The Balaban J connectivity index is 1.81. The number of furan rings is 1. The quantitative estimate of drug-likeness (QED) is 0.851. The van der Waals surface area contributed by atoms with Gasteiger partial charge in [-0.15, -0.1) is 0 Å². The van der Waals surface area contributed by atoms with Gasteiger partial charge in [0, 0.05) is 6.54 Å². The van der Waals surface area contributed by atoms with Crippen molar-refractivity contribution in [2.45, 2.75) is 23.3 Å². The van der Waals surface area contributed by atoms with Crippen molar-refractivity contribution >= 4 is 10.0 Å². The van der Waals surface area contributed by atoms with Crippen LogP contribution >= 0.6 is 0 Å². The predicted molar refractivity (Wildman–Crippen MR) is 76.9 cm³/mol. The Morgan fingerprint density at radius 2 is 2.09 bits per heavy atom. The van der Waals surface area contributed by atoms with E-state index in [0.29, 0.717) is 5.76 Å². The van der Waals surface area contributed by atoms with E-state index in [-0.39, 0.29) is 17.4 Å². The number of rotatable bonds is 6. The van der Waals surface area contributed by atoms with Crippen LogP contribution in [0.1, 0.15) is 18.6 Å². The third-order valence-corrected chi connectivity index (χ3v) is 5.24. The number of halogens is 1. The summed E-state index contributed by atoms with van der Waals surface area (Å²) in [6.07, 6.45) is 3.04. The molecular weight excluding hydrogens is 309 g/mol. The van der Waals surface area contributed by atoms with Gasteiger partial charge >= 0.3 is 0 Å². The Labute approximate surface area is 127 Å². The van der Waals surface area contributed by atoms with Gasteiger partial charge in [-0.1, -0.05) is 6.07 Å². The molecule has 1 atom stereocenters. The van der Waals surface area contributed by atoms with E-state index in [9.17, 15) is 17.9 Å². The van der Waals surface area contributed by atoms with Gasteiger partial charge in [-0.2, -0.15) is 0 Å². The van der Waals surface area contributed by atoms with Crippen LogP contribution < -0.4 is 4.72 Å². The molecular formula is C15H16FNO4S. The second-order valence-electron chi connectivity index (χ2n) is 5.46. The van der Waals surface area contributed by atoms with Crippen molar-refractivity contribution < 1.29 is 22.3 Å². The number of sulfonamides is 1. The summed E-state index contributed by atoms with van der Waals surface area (Å²) in [5.41, 5.74) is -1.39. The normalized spacial score (nSPS) is 18.1. The predicted octanol–water partition coefficient (Wildman–Crippen LogP) is 1.99. The maximum atomic E-state index is 13.2. The molecule has 1 heterocycles. The summed E-state index contributed by atoms with van der Waals surface area (Å²) in [5, 5.41) is 10.8. The standard InChI is InChI=1S/C15H16FNO4S/c16-12-3-1-4-13(9-12)22(19,20)17-10-15(18,11-6-7-11)14-5-2-8-21-14/h1-5,8-9,11,17-18H,6-7,10H2. The molecule has 2 aromatic rings. The Hall–Kier alpha value is -1.70. The fraction of sp³-hybridized carbons (Fsp3) is 0.333. The van der Waals surface area contributed by atoms with Crippen molar-refractivity contribution in [3.8, 4) is 0 Å². The van der Waals surface area contributed by atoms with Crippen LogP contribution in [0.25, 0.3) is 0 Å². The lowest BCUT2D eigenvalue weighted by Crippen LogP contribution is -2.42. The highest BCUT2D eigenvalue weighted by atomic mass is 32.2. The maximum absolute atomic E-state index is 13.2. The second-order valence-corrected chi connectivity index (χ2v) is 7.22. The Kier molecular flexibility index (Phi) is 3.80. The Morgan fingerprint density at radius 3 is 2.68 bits per heavy atom. The highest BCUT2D eigenvalue weighted by Crippen LogP contribution is 2.45. The number of benzene rings is 1. The van der Waals surface area contributed by atoms with E-state index in [1.807, 2.05) is 0 Å². The number of nitrogens with one attached hydrogen (secondary N) is 1. The van der Waals surface area contributed by atoms with E-state index in [1.165, 1.54) is 24.5 Å². The minimum atomic E-state index is -3.90. The zero-order chi connectivity index (χ0) is 15.8. The van der Waals surface area contributed by atoms with Gasteiger partial charge < -0.3 is 9.52 Å². The van der Waals surface area contributed by atoms with E-state index in [1.54, 1.807) is 12.1 Å². The SMILES string of the molecule is O=S(=O)(NCC(O)(c1ccco1)C1CC1)c1cccc(F)c1. The third-order valence-electron chi connectivity index (χ3n) is 3.84. The molecule has 3 rings (SSSR count). The number of hydrogen-bond acceptors (Lipinski definition) is 4. The molecule has 1 saturated carbocycles. The molecule has 0 saturated heterocycles. The van der Waals surface area contributed by atoms with Crippen LogP contribution in [0.2, 0.25) is 0 Å². The molecule has 1 aliphatic carbocycles. The van der Waals surface area contributed by atoms with Crippen LogP contribution in [0.4, 0.5) is 4.39 Å². The van der Waals surface area contributed by atoms with Gasteiger partial charge in [0.1, 0.15) is 17.2 Å². The minimum absolute atomic E-state index is 0.0474. The highest BCUT2D eigenvalue weighted by molar-refractivity contribution is 7.89. The number of aliphatic hydroxyl groups is 1. The van der Waals surface area contributed by atoms with Crippen LogP contribution in [-0.2, 0) is 15.6 Å². The first-order chi connectivity index (χ1) is 10.4. The van der Waals surface area contributed by atoms with Gasteiger partial charge in [-0.25, -0.2) is 17.5 Å². The monoisotopic (exact) mass is 325 g/mol. The molecule has 118 valence electrons. The summed E-state index contributed by atoms with van der Waals surface area (Å²) in [7, 11) is -3.90. The average Bonchev–Trinajstić information content (AvgIpc) is 3.20. The fourth-order valence-corrected chi connectivity index (χ4v) is 3.54. The van der Waals surface area contributed by atoms with Gasteiger partial charge in [0.05, 0.1) is 11.2 Å². The van der Waals surface area contributed by atoms with E-state index in [2.05, 4.69) is 4.72 Å². The zero-order valence-electron chi connectivity index (χ0n) is 11.7. The summed E-state index contributed by atoms with van der Waals surface area (Å²) in [4.78, 5) is -0.176. The molecule has 0 bridgehead atoms. The molecule has 1 unspecified atom stereocenters. The average molecular weight is 325 g/mol. The largest absolute Gasteiger partial charge is 0.466 e. The second kappa shape index (κ2) is 5.49. The summed E-state index contributed by atoms with van der Waals surface area (Å²) in [6.45, 7) is -0.218. The lowest BCUT2D eigenvalue weighted by Gasteiger charge is -2.26. The van der Waals surface area contributed by atoms with Crippen LogP contribution in [0.3, 0.4) is 0 Å². The van der Waals surface area contributed by atoms with Gasteiger partial charge in [0.2, 0.25) is 10.0 Å². The van der Waals surface area contributed by atoms with Crippen molar-refractivity contribution in [1.82, 2.24) is 4.72 Å². The van der Waals surface area contributed by atoms with E-state index in [4.69, 9.17) is 4.42 Å². The van der Waals surface area contributed by atoms with Gasteiger partial charge in [-0.3, -0.25) is 0 Å². The van der Waals surface area contributed by atoms with E-state index < -0.39 is 21.4 Å². The molecule has 1 fully saturated rings. The third kappa shape index (κ3) is 2.92. The molecule has 1 aliphatic rings. The molecule has 1 aromatic heterocycles. The Morgan fingerprint density at radius 1 is 1.32 bits per heavy atom. The lowest BCUT2D eigenvalue weighted by atomic mass is 9.95. The van der Waals surface area contributed by atoms with Gasteiger partial charge in [0.15, 0.2) is 0 Å². The molecule has 0 spiro atoms. The van der Waals surface area contributed by atoms with Crippen molar-refractivity contribution in [2.24, 2.45) is 5.92 Å². The van der Waals surface area contributed by atoms with Crippen molar-refractivity contribution in [1.29, 1.82) is 0 Å². The summed E-state index contributed by atoms with van der Waals surface area (Å²) in [5.74, 6) is -0.350. The minimum Gasteiger partial charge on any atom is -0.466 e. The first kappa shape index (κ1) is 15.2. The molecule has 7 heteroatoms. The summed E-state index contributed by atoms with van der Waals surface area (Å²) >= 11 is 0. The van der Waals surface area contributed by atoms with Gasteiger partial charge in [0.25, 0.3) is 0 Å². The van der Waals surface area contributed by atoms with Crippen molar-refractivity contribution in [2.75, 3.05) is 6.54 Å². The lowest BCUT2D eigenvalue weighted by molar-refractivity contribution is -0.00224. The molecule has 5 nitrogen and oxygen atoms in total. The smallest absolute Gasteiger partial charge is 0.240 e. The summed E-state index contributed by atoms with van der Waals surface area (Å²) in [6, 6.07) is 7.99. The fourth-order valence-electron chi connectivity index (χ4n) is 2.44. The summed E-state index contributed by atoms with van der Waals surface area (Å²) < 4.78 is 45.2. The van der Waals surface area contributed by atoms with Crippen molar-refractivity contribution in [3.05, 3.63) is 54.2 Å².